The van der Waals surface area contributed by atoms with Crippen LogP contribution in [0.3, 0.4) is 0 Å². The first-order valence-corrected chi connectivity index (χ1v) is 12.0. The molecule has 2 N–H and O–H groups in total. The van der Waals surface area contributed by atoms with E-state index in [-0.39, 0.29) is 23.2 Å². The largest absolute Gasteiger partial charge is 0.324 e. The maximum Gasteiger partial charge on any atom is 0.284 e. The fraction of sp³-hybridized carbons (Fsp3) is 0.130. The van der Waals surface area contributed by atoms with E-state index in [9.17, 15) is 8.42 Å². The second kappa shape index (κ2) is 9.42. The van der Waals surface area contributed by atoms with Crippen molar-refractivity contribution in [2.45, 2.75) is 10.8 Å². The van der Waals surface area contributed by atoms with Crippen molar-refractivity contribution in [2.75, 3.05) is 13.1 Å². The average molecular weight is 487 g/mol. The third-order valence-corrected chi connectivity index (χ3v) is 6.90. The van der Waals surface area contributed by atoms with E-state index in [1.54, 1.807) is 17.1 Å². The molecule has 0 fully saturated rings. The maximum atomic E-state index is 12.8. The topological polar surface area (TPSA) is 88.1 Å². The predicted molar refractivity (Wildman–Crippen MR) is 129 cm³/mol. The number of sulfonamides is 1. The van der Waals surface area contributed by atoms with Crippen molar-refractivity contribution in [3.8, 4) is 0 Å². The van der Waals surface area contributed by atoms with Crippen molar-refractivity contribution in [3.05, 3.63) is 100 Å². The quantitative estimate of drug-likeness (QED) is 0.423. The SMILES string of the molecule is NCC(=NS(=O)(=O)c1ccc(Cl)cc1)N1CC(c2ccccc2)C(c2ccc(Cl)cc2)=N1. The fourth-order valence-electron chi connectivity index (χ4n) is 3.48. The van der Waals surface area contributed by atoms with Crippen LogP contribution in [0.2, 0.25) is 10.0 Å². The molecule has 0 spiro atoms. The highest BCUT2D eigenvalue weighted by molar-refractivity contribution is 7.90. The normalized spacial score (nSPS) is 16.8. The van der Waals surface area contributed by atoms with Crippen LogP contribution in [0.25, 0.3) is 0 Å². The molecule has 0 aliphatic carbocycles. The molecule has 0 radical (unpaired) electrons. The second-order valence-electron chi connectivity index (χ2n) is 7.18. The zero-order chi connectivity index (χ0) is 22.7. The van der Waals surface area contributed by atoms with Gasteiger partial charge in [0, 0.05) is 16.0 Å². The number of hydrogen-bond acceptors (Lipinski definition) is 4. The van der Waals surface area contributed by atoms with Gasteiger partial charge in [-0.25, -0.2) is 5.01 Å². The van der Waals surface area contributed by atoms with E-state index in [1.165, 1.54) is 24.3 Å². The lowest BCUT2D eigenvalue weighted by atomic mass is 9.91. The van der Waals surface area contributed by atoms with Gasteiger partial charge in [-0.2, -0.15) is 13.5 Å². The van der Waals surface area contributed by atoms with E-state index in [2.05, 4.69) is 4.40 Å². The van der Waals surface area contributed by atoms with Crippen molar-refractivity contribution in [1.82, 2.24) is 5.01 Å². The van der Waals surface area contributed by atoms with Crippen LogP contribution in [0, 0.1) is 0 Å². The molecule has 164 valence electrons. The lowest BCUT2D eigenvalue weighted by Gasteiger charge is -2.17. The van der Waals surface area contributed by atoms with E-state index in [0.29, 0.717) is 16.6 Å². The van der Waals surface area contributed by atoms with Crippen molar-refractivity contribution in [3.63, 3.8) is 0 Å². The number of nitrogens with two attached hydrogens (primary N) is 1. The predicted octanol–water partition coefficient (Wildman–Crippen LogP) is 4.54. The van der Waals surface area contributed by atoms with Gasteiger partial charge in [-0.1, -0.05) is 65.7 Å². The molecule has 1 aliphatic rings. The Balaban J connectivity index is 1.73. The standard InChI is InChI=1S/C23H20Cl2N4O2S/c24-18-8-6-17(7-9-18)23-21(16-4-2-1-3-5-16)15-29(27-23)22(14-26)28-32(30,31)20-12-10-19(25)11-13-20/h1-13,21H,14-15,26H2. The molecule has 6 nitrogen and oxygen atoms in total. The van der Waals surface area contributed by atoms with Crippen molar-refractivity contribution < 1.29 is 8.42 Å². The van der Waals surface area contributed by atoms with E-state index in [4.69, 9.17) is 34.0 Å². The molecule has 1 aliphatic heterocycles. The van der Waals surface area contributed by atoms with Crippen molar-refractivity contribution in [2.24, 2.45) is 15.2 Å². The summed E-state index contributed by atoms with van der Waals surface area (Å²) >= 11 is 11.9. The first kappa shape index (κ1) is 22.5. The van der Waals surface area contributed by atoms with Gasteiger partial charge >= 0.3 is 0 Å². The third kappa shape index (κ3) is 4.86. The van der Waals surface area contributed by atoms with E-state index < -0.39 is 10.0 Å². The van der Waals surface area contributed by atoms with Crippen LogP contribution >= 0.6 is 23.2 Å². The van der Waals surface area contributed by atoms with Crippen LogP contribution in [0.1, 0.15) is 17.0 Å². The highest BCUT2D eigenvalue weighted by Gasteiger charge is 2.32. The number of amidine groups is 1. The third-order valence-electron chi connectivity index (χ3n) is 5.07. The molecule has 0 saturated carbocycles. The van der Waals surface area contributed by atoms with Gasteiger partial charge < -0.3 is 5.73 Å². The Kier molecular flexibility index (Phi) is 6.62. The molecule has 1 atom stereocenters. The van der Waals surface area contributed by atoms with Crippen LogP contribution in [0.5, 0.6) is 0 Å². The zero-order valence-corrected chi connectivity index (χ0v) is 19.2. The van der Waals surface area contributed by atoms with E-state index >= 15 is 0 Å². The van der Waals surface area contributed by atoms with Crippen LogP contribution in [0.4, 0.5) is 0 Å². The van der Waals surface area contributed by atoms with Crippen LogP contribution in [0.15, 0.2) is 93.3 Å². The van der Waals surface area contributed by atoms with Gasteiger partial charge in [-0.3, -0.25) is 0 Å². The Labute approximate surface area is 197 Å². The van der Waals surface area contributed by atoms with Crippen LogP contribution in [-0.2, 0) is 10.0 Å². The van der Waals surface area contributed by atoms with Crippen molar-refractivity contribution in [1.29, 1.82) is 0 Å². The number of nitrogens with zero attached hydrogens (tertiary/aromatic N) is 3. The Morgan fingerprint density at radius 2 is 1.56 bits per heavy atom. The lowest BCUT2D eigenvalue weighted by molar-refractivity contribution is 0.469. The van der Waals surface area contributed by atoms with Crippen molar-refractivity contribution >= 4 is 44.8 Å². The van der Waals surface area contributed by atoms with Gasteiger partial charge in [0.2, 0.25) is 0 Å². The van der Waals surface area contributed by atoms with Gasteiger partial charge in [0.15, 0.2) is 5.84 Å². The summed E-state index contributed by atoms with van der Waals surface area (Å²) in [6.45, 7) is 0.319. The minimum absolute atomic E-state index is 0.0357. The molecule has 1 unspecified atom stereocenters. The number of benzene rings is 3. The molecule has 4 rings (SSSR count). The van der Waals surface area contributed by atoms with E-state index in [1.807, 2.05) is 42.5 Å². The fourth-order valence-corrected chi connectivity index (χ4v) is 4.76. The van der Waals surface area contributed by atoms with Gasteiger partial charge in [-0.15, -0.1) is 4.40 Å². The summed E-state index contributed by atoms with van der Waals surface area (Å²) in [7, 11) is -3.97. The van der Waals surface area contributed by atoms with Gasteiger partial charge in [0.05, 0.1) is 23.7 Å². The molecule has 32 heavy (non-hydrogen) atoms. The monoisotopic (exact) mass is 486 g/mol. The summed E-state index contributed by atoms with van der Waals surface area (Å²) in [5.41, 5.74) is 8.64. The van der Waals surface area contributed by atoms with Crippen LogP contribution in [-0.4, -0.2) is 38.1 Å². The lowest BCUT2D eigenvalue weighted by Crippen LogP contribution is -2.32. The molecule has 0 bridgehead atoms. The van der Waals surface area contributed by atoms with Crippen LogP contribution < -0.4 is 5.73 Å². The molecular formula is C23H20Cl2N4O2S. The number of hydrogen-bond donors (Lipinski definition) is 1. The molecule has 0 aromatic heterocycles. The molecule has 1 heterocycles. The second-order valence-corrected chi connectivity index (χ2v) is 9.66. The molecular weight excluding hydrogens is 467 g/mol. The molecule has 9 heteroatoms. The summed E-state index contributed by atoms with van der Waals surface area (Å²) in [5, 5.41) is 7.35. The Hall–Kier alpha value is -2.71. The highest BCUT2D eigenvalue weighted by atomic mass is 35.5. The highest BCUT2D eigenvalue weighted by Crippen LogP contribution is 2.30. The Morgan fingerprint density at radius 3 is 2.16 bits per heavy atom. The molecule has 3 aromatic carbocycles. The van der Waals surface area contributed by atoms with Gasteiger partial charge in [-0.05, 0) is 47.5 Å². The maximum absolute atomic E-state index is 12.8. The summed E-state index contributed by atoms with van der Waals surface area (Å²) < 4.78 is 29.7. The molecule has 0 amide bonds. The summed E-state index contributed by atoms with van der Waals surface area (Å²) in [4.78, 5) is 0.0357. The van der Waals surface area contributed by atoms with Gasteiger partial charge in [0.1, 0.15) is 0 Å². The first-order valence-electron chi connectivity index (χ1n) is 9.84. The Bertz CT molecular complexity index is 1260. The molecule has 3 aromatic rings. The average Bonchev–Trinajstić information content (AvgIpc) is 3.24. The minimum Gasteiger partial charge on any atom is -0.324 e. The number of halogens is 2. The smallest absolute Gasteiger partial charge is 0.284 e. The Morgan fingerprint density at radius 1 is 0.969 bits per heavy atom. The number of rotatable bonds is 5. The minimum atomic E-state index is -3.97. The summed E-state index contributed by atoms with van der Waals surface area (Å²) in [5.74, 6) is 0.0669. The zero-order valence-electron chi connectivity index (χ0n) is 16.9. The van der Waals surface area contributed by atoms with E-state index in [0.717, 1.165) is 16.8 Å². The first-order chi connectivity index (χ1) is 15.4. The summed E-state index contributed by atoms with van der Waals surface area (Å²) in [6.07, 6.45) is 0. The molecule has 0 saturated heterocycles. The number of hydrazone groups is 1. The summed E-state index contributed by atoms with van der Waals surface area (Å²) in [6, 6.07) is 23.1. The van der Waals surface area contributed by atoms with Gasteiger partial charge in [0.25, 0.3) is 10.0 Å².